The number of aromatic nitrogens is 4. The second-order valence-corrected chi connectivity index (χ2v) is 8.48. The van der Waals surface area contributed by atoms with E-state index in [4.69, 9.17) is 0 Å². The summed E-state index contributed by atoms with van der Waals surface area (Å²) in [6.45, 7) is 4.78. The van der Waals surface area contributed by atoms with Gasteiger partial charge in [-0.15, -0.1) is 10.2 Å². The molecule has 9 heteroatoms. The molecule has 3 heterocycles. The summed E-state index contributed by atoms with van der Waals surface area (Å²) in [7, 11) is 0. The Balaban J connectivity index is 1.65. The summed E-state index contributed by atoms with van der Waals surface area (Å²) in [6, 6.07) is 9.96. The van der Waals surface area contributed by atoms with Gasteiger partial charge in [-0.3, -0.25) is 19.2 Å². The topological polar surface area (TPSA) is 93.0 Å². The monoisotopic (exact) mass is 450 g/mol. The Hall–Kier alpha value is -3.20. The molecule has 0 bridgehead atoms. The number of urea groups is 1. The number of benzene rings is 1. The van der Waals surface area contributed by atoms with Crippen molar-refractivity contribution < 1.29 is 9.59 Å². The van der Waals surface area contributed by atoms with E-state index in [0.29, 0.717) is 18.7 Å². The Bertz CT molecular complexity index is 1080. The molecule has 3 amide bonds. The average molecular weight is 451 g/mol. The van der Waals surface area contributed by atoms with Gasteiger partial charge < -0.3 is 5.32 Å². The van der Waals surface area contributed by atoms with Crippen LogP contribution in [-0.4, -0.2) is 55.4 Å². The Morgan fingerprint density at radius 3 is 2.47 bits per heavy atom. The van der Waals surface area contributed by atoms with Crippen LogP contribution < -0.4 is 5.32 Å². The molecule has 1 N–H and O–H groups in total. The number of nitrogens with one attached hydrogen (secondary N) is 1. The third-order valence-corrected chi connectivity index (χ3v) is 6.45. The van der Waals surface area contributed by atoms with Crippen LogP contribution in [-0.2, 0) is 17.6 Å². The zero-order chi connectivity index (χ0) is 22.5. The standard InChI is InChI=1S/C23H26N6O2S/c1-3-16-8-5-9-17(4-2)20(16)29-21(18-10-6-11-24-14-18)26-27-23(29)32-13-7-12-28-19(30)15-25-22(28)31/h5-6,8-11,14H,3-4,7,12-13,15H2,1-2H3,(H,25,31). The zero-order valence-corrected chi connectivity index (χ0v) is 19.1. The van der Waals surface area contributed by atoms with Crippen molar-refractivity contribution in [2.24, 2.45) is 0 Å². The molecule has 32 heavy (non-hydrogen) atoms. The number of para-hydroxylation sites is 1. The van der Waals surface area contributed by atoms with E-state index in [2.05, 4.69) is 57.1 Å². The number of aryl methyl sites for hydroxylation is 2. The van der Waals surface area contributed by atoms with Crippen molar-refractivity contribution >= 4 is 23.7 Å². The highest BCUT2D eigenvalue weighted by Crippen LogP contribution is 2.32. The maximum atomic E-state index is 11.8. The van der Waals surface area contributed by atoms with Crippen molar-refractivity contribution in [2.75, 3.05) is 18.8 Å². The molecule has 4 rings (SSSR count). The normalized spacial score (nSPS) is 13.6. The van der Waals surface area contributed by atoms with Crippen molar-refractivity contribution in [1.82, 2.24) is 30.0 Å². The summed E-state index contributed by atoms with van der Waals surface area (Å²) in [4.78, 5) is 29.1. The minimum absolute atomic E-state index is 0.0857. The van der Waals surface area contributed by atoms with E-state index in [-0.39, 0.29) is 18.5 Å². The van der Waals surface area contributed by atoms with E-state index in [1.807, 2.05) is 12.1 Å². The second kappa shape index (κ2) is 9.95. The van der Waals surface area contributed by atoms with Gasteiger partial charge in [0.1, 0.15) is 0 Å². The van der Waals surface area contributed by atoms with Crippen molar-refractivity contribution in [3.05, 3.63) is 53.9 Å². The summed E-state index contributed by atoms with van der Waals surface area (Å²) in [5.41, 5.74) is 4.49. The maximum Gasteiger partial charge on any atom is 0.324 e. The van der Waals surface area contributed by atoms with E-state index in [1.54, 1.807) is 24.2 Å². The van der Waals surface area contributed by atoms with E-state index in [1.165, 1.54) is 16.0 Å². The molecule has 166 valence electrons. The first kappa shape index (κ1) is 22.0. The third kappa shape index (κ3) is 4.38. The first-order valence-corrected chi connectivity index (χ1v) is 11.8. The van der Waals surface area contributed by atoms with Crippen LogP contribution in [0.5, 0.6) is 0 Å². The number of carbonyl (C=O) groups is 2. The highest BCUT2D eigenvalue weighted by molar-refractivity contribution is 7.99. The smallest absolute Gasteiger partial charge is 0.324 e. The summed E-state index contributed by atoms with van der Waals surface area (Å²) < 4.78 is 2.13. The van der Waals surface area contributed by atoms with Crippen LogP contribution in [0.25, 0.3) is 17.1 Å². The van der Waals surface area contributed by atoms with Gasteiger partial charge in [0.25, 0.3) is 0 Å². The van der Waals surface area contributed by atoms with Crippen molar-refractivity contribution in [1.29, 1.82) is 0 Å². The molecule has 1 fully saturated rings. The molecule has 0 spiro atoms. The fourth-order valence-electron chi connectivity index (χ4n) is 3.82. The highest BCUT2D eigenvalue weighted by atomic mass is 32.2. The predicted molar refractivity (Wildman–Crippen MR) is 124 cm³/mol. The first-order valence-electron chi connectivity index (χ1n) is 10.8. The molecule has 0 radical (unpaired) electrons. The highest BCUT2D eigenvalue weighted by Gasteiger charge is 2.27. The number of nitrogens with zero attached hydrogens (tertiary/aromatic N) is 5. The summed E-state index contributed by atoms with van der Waals surface area (Å²) in [6.07, 6.45) is 6.00. The summed E-state index contributed by atoms with van der Waals surface area (Å²) in [5.74, 6) is 1.29. The van der Waals surface area contributed by atoms with Crippen molar-refractivity contribution in [2.45, 2.75) is 38.3 Å². The summed E-state index contributed by atoms with van der Waals surface area (Å²) >= 11 is 1.58. The van der Waals surface area contributed by atoms with E-state index >= 15 is 0 Å². The lowest BCUT2D eigenvalue weighted by Gasteiger charge is -2.18. The zero-order valence-electron chi connectivity index (χ0n) is 18.2. The largest absolute Gasteiger partial charge is 0.329 e. The van der Waals surface area contributed by atoms with Gasteiger partial charge in [-0.05, 0) is 42.5 Å². The Morgan fingerprint density at radius 2 is 1.84 bits per heavy atom. The van der Waals surface area contributed by atoms with Gasteiger partial charge in [0.2, 0.25) is 5.91 Å². The minimum atomic E-state index is -0.313. The van der Waals surface area contributed by atoms with E-state index < -0.39 is 0 Å². The molecule has 0 saturated carbocycles. The number of thioether (sulfide) groups is 1. The lowest BCUT2D eigenvalue weighted by Crippen LogP contribution is -2.32. The van der Waals surface area contributed by atoms with Crippen LogP contribution in [0.15, 0.2) is 47.9 Å². The second-order valence-electron chi connectivity index (χ2n) is 7.42. The molecule has 0 unspecified atom stereocenters. The van der Waals surface area contributed by atoms with Crippen LogP contribution in [0.2, 0.25) is 0 Å². The molecule has 3 aromatic rings. The van der Waals surface area contributed by atoms with Crippen molar-refractivity contribution in [3.8, 4) is 17.1 Å². The maximum absolute atomic E-state index is 11.8. The fraction of sp³-hybridized carbons (Fsp3) is 0.348. The number of amides is 3. The Morgan fingerprint density at radius 1 is 1.06 bits per heavy atom. The molecular weight excluding hydrogens is 424 g/mol. The van der Waals surface area contributed by atoms with Crippen molar-refractivity contribution in [3.63, 3.8) is 0 Å². The van der Waals surface area contributed by atoms with Crippen LogP contribution in [0, 0.1) is 0 Å². The van der Waals surface area contributed by atoms with Crippen LogP contribution >= 0.6 is 11.8 Å². The van der Waals surface area contributed by atoms with Crippen LogP contribution in [0.1, 0.15) is 31.4 Å². The van der Waals surface area contributed by atoms with Gasteiger partial charge in [0, 0.05) is 30.3 Å². The van der Waals surface area contributed by atoms with E-state index in [0.717, 1.165) is 35.1 Å². The molecular formula is C23H26N6O2S. The number of hydrogen-bond acceptors (Lipinski definition) is 6. The number of carbonyl (C=O) groups excluding carboxylic acids is 2. The number of hydrogen-bond donors (Lipinski definition) is 1. The fourth-order valence-corrected chi connectivity index (χ4v) is 4.68. The Kier molecular flexibility index (Phi) is 6.84. The molecule has 0 aliphatic carbocycles. The van der Waals surface area contributed by atoms with Gasteiger partial charge in [0.05, 0.1) is 12.2 Å². The van der Waals surface area contributed by atoms with Gasteiger partial charge in [-0.2, -0.15) is 0 Å². The lowest BCUT2D eigenvalue weighted by atomic mass is 10.0. The molecule has 2 aromatic heterocycles. The quantitative estimate of drug-likeness (QED) is 0.305. The van der Waals surface area contributed by atoms with Crippen LogP contribution in [0.3, 0.4) is 0 Å². The minimum Gasteiger partial charge on any atom is -0.329 e. The van der Waals surface area contributed by atoms with Gasteiger partial charge in [-0.25, -0.2) is 4.79 Å². The average Bonchev–Trinajstić information content (AvgIpc) is 3.39. The van der Waals surface area contributed by atoms with Crippen LogP contribution in [0.4, 0.5) is 4.79 Å². The molecule has 1 aliphatic heterocycles. The molecule has 1 aromatic carbocycles. The van der Waals surface area contributed by atoms with Gasteiger partial charge in [0.15, 0.2) is 11.0 Å². The third-order valence-electron chi connectivity index (χ3n) is 5.44. The number of pyridine rings is 1. The molecule has 1 saturated heterocycles. The molecule has 1 aliphatic rings. The predicted octanol–water partition coefficient (Wildman–Crippen LogP) is 3.49. The number of imide groups is 1. The van der Waals surface area contributed by atoms with Gasteiger partial charge >= 0.3 is 6.03 Å². The lowest BCUT2D eigenvalue weighted by molar-refractivity contribution is -0.124. The number of rotatable bonds is 9. The first-order chi connectivity index (χ1) is 15.6. The SMILES string of the molecule is CCc1cccc(CC)c1-n1c(SCCCN2C(=O)CNC2=O)nnc1-c1cccnc1. The molecule has 8 nitrogen and oxygen atoms in total. The van der Waals surface area contributed by atoms with E-state index in [9.17, 15) is 9.59 Å². The molecule has 0 atom stereocenters. The van der Waals surface area contributed by atoms with Gasteiger partial charge in [-0.1, -0.05) is 43.8 Å². The summed E-state index contributed by atoms with van der Waals surface area (Å²) in [5, 5.41) is 12.4. The Labute approximate surface area is 191 Å².